The van der Waals surface area contributed by atoms with Crippen molar-refractivity contribution < 1.29 is 0 Å². The molecule has 0 saturated carbocycles. The number of nitrogens with one attached hydrogen (secondary N) is 1. The normalized spacial score (nSPS) is 16.5. The predicted molar refractivity (Wildman–Crippen MR) is 89.3 cm³/mol. The molecule has 0 aliphatic rings. The standard InChI is InChI=1S/C15H30ClN5/c1-7-15(6,20(8-2)9-3)14(19-17)13-12(16)10-18-21(13)11(4)5/h10-11,14,19H,7-9,17H2,1-6H3. The number of aromatic nitrogens is 2. The van der Waals surface area contributed by atoms with Gasteiger partial charge >= 0.3 is 0 Å². The highest BCUT2D eigenvalue weighted by molar-refractivity contribution is 6.31. The lowest BCUT2D eigenvalue weighted by atomic mass is 9.85. The first kappa shape index (κ1) is 18.4. The molecular weight excluding hydrogens is 286 g/mol. The summed E-state index contributed by atoms with van der Waals surface area (Å²) in [6, 6.07) is 0.154. The van der Waals surface area contributed by atoms with Crippen LogP contribution in [0.3, 0.4) is 0 Å². The molecule has 6 heteroatoms. The maximum absolute atomic E-state index is 6.42. The van der Waals surface area contributed by atoms with Crippen LogP contribution in [-0.4, -0.2) is 33.3 Å². The summed E-state index contributed by atoms with van der Waals surface area (Å²) in [6.07, 6.45) is 2.67. The van der Waals surface area contributed by atoms with E-state index in [0.717, 1.165) is 25.2 Å². The van der Waals surface area contributed by atoms with E-state index in [0.29, 0.717) is 5.02 Å². The van der Waals surface area contributed by atoms with E-state index in [2.05, 4.69) is 57.0 Å². The second kappa shape index (κ2) is 7.58. The van der Waals surface area contributed by atoms with E-state index >= 15 is 0 Å². The van der Waals surface area contributed by atoms with Crippen molar-refractivity contribution in [3.05, 3.63) is 16.9 Å². The number of hydrazine groups is 1. The lowest BCUT2D eigenvalue weighted by molar-refractivity contribution is 0.0659. The average Bonchev–Trinajstić information content (AvgIpc) is 2.83. The number of hydrogen-bond donors (Lipinski definition) is 2. The van der Waals surface area contributed by atoms with Gasteiger partial charge in [-0.15, -0.1) is 0 Å². The van der Waals surface area contributed by atoms with Crippen LogP contribution < -0.4 is 11.3 Å². The van der Waals surface area contributed by atoms with Gasteiger partial charge in [0.15, 0.2) is 0 Å². The molecule has 0 spiro atoms. The fraction of sp³-hybridized carbons (Fsp3) is 0.800. The summed E-state index contributed by atoms with van der Waals surface area (Å²) in [6.45, 7) is 14.9. The van der Waals surface area contributed by atoms with Gasteiger partial charge < -0.3 is 0 Å². The summed E-state index contributed by atoms with van der Waals surface area (Å²) in [7, 11) is 0. The maximum atomic E-state index is 6.42. The van der Waals surface area contributed by atoms with Gasteiger partial charge in [0.25, 0.3) is 0 Å². The number of hydrogen-bond acceptors (Lipinski definition) is 4. The largest absolute Gasteiger partial charge is 0.296 e. The Labute approximate surface area is 133 Å². The molecule has 0 saturated heterocycles. The first-order valence-corrected chi connectivity index (χ1v) is 8.19. The first-order chi connectivity index (χ1) is 9.87. The van der Waals surface area contributed by atoms with Crippen molar-refractivity contribution in [1.82, 2.24) is 20.1 Å². The van der Waals surface area contributed by atoms with Gasteiger partial charge in [-0.3, -0.25) is 15.4 Å². The molecule has 2 atom stereocenters. The number of nitrogens with zero attached hydrogens (tertiary/aromatic N) is 3. The van der Waals surface area contributed by atoms with E-state index in [-0.39, 0.29) is 17.6 Å². The van der Waals surface area contributed by atoms with Gasteiger partial charge in [-0.25, -0.2) is 5.43 Å². The number of rotatable bonds is 8. The van der Waals surface area contributed by atoms with Crippen molar-refractivity contribution in [3.63, 3.8) is 0 Å². The van der Waals surface area contributed by atoms with Gasteiger partial charge in [-0.1, -0.05) is 32.4 Å². The molecule has 1 rings (SSSR count). The monoisotopic (exact) mass is 315 g/mol. The van der Waals surface area contributed by atoms with E-state index in [1.807, 2.05) is 4.68 Å². The van der Waals surface area contributed by atoms with Gasteiger partial charge in [0.2, 0.25) is 0 Å². The van der Waals surface area contributed by atoms with E-state index in [1.54, 1.807) is 6.20 Å². The number of halogens is 1. The Morgan fingerprint density at radius 2 is 1.95 bits per heavy atom. The molecule has 2 unspecified atom stereocenters. The minimum atomic E-state index is -0.130. The van der Waals surface area contributed by atoms with E-state index in [9.17, 15) is 0 Å². The molecule has 0 aliphatic heterocycles. The third-order valence-corrected chi connectivity index (χ3v) is 4.83. The maximum Gasteiger partial charge on any atom is 0.0835 e. The lowest BCUT2D eigenvalue weighted by Crippen LogP contribution is -2.56. The fourth-order valence-electron chi connectivity index (χ4n) is 3.14. The van der Waals surface area contributed by atoms with Crippen LogP contribution in [0.15, 0.2) is 6.20 Å². The van der Waals surface area contributed by atoms with Gasteiger partial charge in [0, 0.05) is 11.6 Å². The molecule has 0 radical (unpaired) electrons. The van der Waals surface area contributed by atoms with Crippen LogP contribution in [0.5, 0.6) is 0 Å². The van der Waals surface area contributed by atoms with Gasteiger partial charge in [0.1, 0.15) is 0 Å². The molecule has 0 aromatic carbocycles. The highest BCUT2D eigenvalue weighted by Gasteiger charge is 2.40. The Morgan fingerprint density at radius 3 is 2.33 bits per heavy atom. The van der Waals surface area contributed by atoms with Crippen LogP contribution in [0.25, 0.3) is 0 Å². The summed E-state index contributed by atoms with van der Waals surface area (Å²) in [5.74, 6) is 5.93. The molecule has 1 aromatic rings. The smallest absolute Gasteiger partial charge is 0.0835 e. The molecule has 0 aliphatic carbocycles. The second-order valence-corrected chi connectivity index (χ2v) is 6.31. The summed E-state index contributed by atoms with van der Waals surface area (Å²) in [5, 5.41) is 5.08. The van der Waals surface area contributed by atoms with Crippen LogP contribution in [0, 0.1) is 0 Å². The van der Waals surface area contributed by atoms with E-state index in [1.165, 1.54) is 0 Å². The van der Waals surface area contributed by atoms with Crippen LogP contribution in [-0.2, 0) is 0 Å². The molecule has 1 heterocycles. The SMILES string of the molecule is CCN(CC)C(C)(CC)C(NN)c1c(Cl)cnn1C(C)C. The Morgan fingerprint density at radius 1 is 1.38 bits per heavy atom. The zero-order chi connectivity index (χ0) is 16.2. The molecule has 5 nitrogen and oxygen atoms in total. The van der Waals surface area contributed by atoms with Gasteiger partial charge in [0.05, 0.1) is 23.0 Å². The zero-order valence-corrected chi connectivity index (χ0v) is 14.9. The van der Waals surface area contributed by atoms with E-state index in [4.69, 9.17) is 17.4 Å². The molecule has 0 amide bonds. The average molecular weight is 316 g/mol. The van der Waals surface area contributed by atoms with Crippen LogP contribution in [0.4, 0.5) is 0 Å². The van der Waals surface area contributed by atoms with Crippen molar-refractivity contribution in [2.75, 3.05) is 13.1 Å². The van der Waals surface area contributed by atoms with Crippen molar-refractivity contribution in [1.29, 1.82) is 0 Å². The van der Waals surface area contributed by atoms with Crippen molar-refractivity contribution in [2.24, 2.45) is 5.84 Å². The molecule has 21 heavy (non-hydrogen) atoms. The first-order valence-electron chi connectivity index (χ1n) is 7.81. The van der Waals surface area contributed by atoms with Crippen LogP contribution in [0.1, 0.15) is 65.7 Å². The zero-order valence-electron chi connectivity index (χ0n) is 14.2. The molecule has 1 aromatic heterocycles. The van der Waals surface area contributed by atoms with Crippen molar-refractivity contribution >= 4 is 11.6 Å². The third-order valence-electron chi connectivity index (χ3n) is 4.54. The highest BCUT2D eigenvalue weighted by atomic mass is 35.5. The molecule has 0 bridgehead atoms. The lowest BCUT2D eigenvalue weighted by Gasteiger charge is -2.45. The Kier molecular flexibility index (Phi) is 6.66. The summed E-state index contributed by atoms with van der Waals surface area (Å²) >= 11 is 6.42. The molecule has 0 fully saturated rings. The number of likely N-dealkylation sites (N-methyl/N-ethyl adjacent to an activating group) is 1. The highest BCUT2D eigenvalue weighted by Crippen LogP contribution is 2.37. The minimum absolute atomic E-state index is 0.0835. The molecule has 122 valence electrons. The Balaban J connectivity index is 3.37. The van der Waals surface area contributed by atoms with E-state index < -0.39 is 0 Å². The molecular formula is C15H30ClN5. The van der Waals surface area contributed by atoms with Crippen molar-refractivity contribution in [3.8, 4) is 0 Å². The third kappa shape index (κ3) is 3.42. The number of nitrogens with two attached hydrogens (primary N) is 1. The fourth-order valence-corrected chi connectivity index (χ4v) is 3.38. The predicted octanol–water partition coefficient (Wildman–Crippen LogP) is 3.13. The Bertz CT molecular complexity index is 441. The second-order valence-electron chi connectivity index (χ2n) is 5.90. The van der Waals surface area contributed by atoms with Gasteiger partial charge in [-0.2, -0.15) is 5.10 Å². The minimum Gasteiger partial charge on any atom is -0.296 e. The quantitative estimate of drug-likeness (QED) is 0.571. The summed E-state index contributed by atoms with van der Waals surface area (Å²) in [4.78, 5) is 2.42. The van der Waals surface area contributed by atoms with Crippen LogP contribution >= 0.6 is 11.6 Å². The molecule has 3 N–H and O–H groups in total. The Hall–Kier alpha value is -0.620. The van der Waals surface area contributed by atoms with Crippen molar-refractivity contribution in [2.45, 2.75) is 65.6 Å². The van der Waals surface area contributed by atoms with Crippen LogP contribution in [0.2, 0.25) is 5.02 Å². The summed E-state index contributed by atoms with van der Waals surface area (Å²) < 4.78 is 1.96. The van der Waals surface area contributed by atoms with Gasteiger partial charge in [-0.05, 0) is 40.3 Å². The summed E-state index contributed by atoms with van der Waals surface area (Å²) in [5.41, 5.74) is 3.83. The topological polar surface area (TPSA) is 59.1 Å².